The summed E-state index contributed by atoms with van der Waals surface area (Å²) in [5, 5.41) is 21.7. The largest absolute Gasteiger partial charge is 0.504 e. The highest BCUT2D eigenvalue weighted by atomic mass is 16.5. The number of fused-ring (bicyclic) bond motifs is 1. The monoisotopic (exact) mass is 343 g/mol. The molecule has 1 aromatic rings. The molecular formula is C20H25NO4. The molecule has 1 saturated heterocycles. The molecule has 0 radical (unpaired) electrons. The summed E-state index contributed by atoms with van der Waals surface area (Å²) in [6.07, 6.45) is 3.11. The van der Waals surface area contributed by atoms with Gasteiger partial charge in [0.1, 0.15) is 0 Å². The van der Waals surface area contributed by atoms with Crippen LogP contribution in [0.5, 0.6) is 11.5 Å². The Kier molecular flexibility index (Phi) is 3.26. The maximum atomic E-state index is 12.7. The molecule has 2 heterocycles. The van der Waals surface area contributed by atoms with Gasteiger partial charge in [-0.1, -0.05) is 13.0 Å². The van der Waals surface area contributed by atoms with Gasteiger partial charge in [-0.05, 0) is 49.8 Å². The Bertz CT molecular complexity index is 743. The first kappa shape index (κ1) is 15.6. The number of rotatable bonds is 4. The molecule has 1 unspecified atom stereocenters. The number of ketones is 1. The van der Waals surface area contributed by atoms with Gasteiger partial charge in [0, 0.05) is 24.6 Å². The second-order valence-corrected chi connectivity index (χ2v) is 8.21. The highest BCUT2D eigenvalue weighted by Crippen LogP contribution is 2.58. The summed E-state index contributed by atoms with van der Waals surface area (Å²) in [6, 6.07) is 3.65. The highest BCUT2D eigenvalue weighted by molar-refractivity contribution is 5.87. The number of piperidine rings is 1. The molecule has 1 spiro atoms. The molecule has 2 bridgehead atoms. The van der Waals surface area contributed by atoms with E-state index in [1.165, 1.54) is 12.8 Å². The molecular weight excluding hydrogens is 318 g/mol. The molecule has 0 amide bonds. The normalized spacial score (nSPS) is 36.0. The van der Waals surface area contributed by atoms with Gasteiger partial charge >= 0.3 is 0 Å². The smallest absolute Gasteiger partial charge is 0.174 e. The number of likely N-dealkylation sites (tertiary alicyclic amines) is 1. The van der Waals surface area contributed by atoms with E-state index < -0.39 is 17.6 Å². The Morgan fingerprint density at radius 1 is 1.40 bits per heavy atom. The van der Waals surface area contributed by atoms with Gasteiger partial charge in [-0.2, -0.15) is 0 Å². The molecule has 1 saturated carbocycles. The SMILES string of the molecule is CCC(=O)C1Oc2c(O)ccc3c2[C@@]12CCN(CC1CC1)[C@H](C3)[C@H]2O. The van der Waals surface area contributed by atoms with Crippen LogP contribution in [-0.4, -0.2) is 52.2 Å². The van der Waals surface area contributed by atoms with E-state index in [-0.39, 0.29) is 17.6 Å². The molecule has 5 heteroatoms. The fourth-order valence-electron chi connectivity index (χ4n) is 5.37. The molecule has 134 valence electrons. The Morgan fingerprint density at radius 3 is 2.92 bits per heavy atom. The van der Waals surface area contributed by atoms with E-state index in [1.807, 2.05) is 13.0 Å². The van der Waals surface area contributed by atoms with Gasteiger partial charge in [-0.25, -0.2) is 0 Å². The number of aliphatic hydroxyl groups is 1. The minimum Gasteiger partial charge on any atom is -0.504 e. The summed E-state index contributed by atoms with van der Waals surface area (Å²) in [6.45, 7) is 3.76. The van der Waals surface area contributed by atoms with Crippen molar-refractivity contribution in [1.82, 2.24) is 4.90 Å². The average Bonchev–Trinajstić information content (AvgIpc) is 3.35. The van der Waals surface area contributed by atoms with Crippen LogP contribution in [0, 0.1) is 5.92 Å². The number of phenols is 1. The van der Waals surface area contributed by atoms with Crippen molar-refractivity contribution in [2.24, 2.45) is 5.92 Å². The number of aromatic hydroxyl groups is 1. The maximum absolute atomic E-state index is 12.7. The molecule has 5 rings (SSSR count). The number of phenolic OH excluding ortho intramolecular Hbond substituents is 1. The van der Waals surface area contributed by atoms with Crippen LogP contribution in [-0.2, 0) is 16.6 Å². The first-order chi connectivity index (χ1) is 12.1. The van der Waals surface area contributed by atoms with Crippen LogP contribution < -0.4 is 4.74 Å². The van der Waals surface area contributed by atoms with Crippen molar-refractivity contribution >= 4 is 5.78 Å². The van der Waals surface area contributed by atoms with E-state index in [0.29, 0.717) is 18.6 Å². The van der Waals surface area contributed by atoms with Crippen molar-refractivity contribution in [2.45, 2.75) is 62.7 Å². The van der Waals surface area contributed by atoms with Gasteiger partial charge in [-0.15, -0.1) is 0 Å². The van der Waals surface area contributed by atoms with Crippen molar-refractivity contribution in [3.8, 4) is 11.5 Å². The molecule has 0 aromatic heterocycles. The summed E-state index contributed by atoms with van der Waals surface area (Å²) in [5.41, 5.74) is 1.32. The predicted octanol–water partition coefficient (Wildman–Crippen LogP) is 1.77. The van der Waals surface area contributed by atoms with Crippen LogP contribution in [0.4, 0.5) is 0 Å². The van der Waals surface area contributed by atoms with E-state index in [1.54, 1.807) is 6.07 Å². The van der Waals surface area contributed by atoms with E-state index in [9.17, 15) is 15.0 Å². The Hall–Kier alpha value is -1.59. The van der Waals surface area contributed by atoms with E-state index in [0.717, 1.165) is 36.6 Å². The van der Waals surface area contributed by atoms with Crippen LogP contribution in [0.2, 0.25) is 0 Å². The van der Waals surface area contributed by atoms with Crippen LogP contribution in [0.3, 0.4) is 0 Å². The minimum absolute atomic E-state index is 0.0110. The number of hydrogen-bond donors (Lipinski definition) is 2. The summed E-state index contributed by atoms with van der Waals surface area (Å²) in [5.74, 6) is 1.29. The summed E-state index contributed by atoms with van der Waals surface area (Å²) in [7, 11) is 0. The van der Waals surface area contributed by atoms with Crippen molar-refractivity contribution in [1.29, 1.82) is 0 Å². The number of aliphatic hydroxyl groups excluding tert-OH is 1. The first-order valence-electron chi connectivity index (χ1n) is 9.53. The Labute approximate surface area is 147 Å². The van der Waals surface area contributed by atoms with Gasteiger partial charge in [0.15, 0.2) is 23.4 Å². The number of Topliss-reactive ketones (excluding diaryl/α,β-unsaturated/α-hetero) is 1. The zero-order valence-corrected chi connectivity index (χ0v) is 14.6. The van der Waals surface area contributed by atoms with Gasteiger partial charge < -0.3 is 14.9 Å². The van der Waals surface area contributed by atoms with Crippen LogP contribution >= 0.6 is 0 Å². The molecule has 4 aliphatic rings. The minimum atomic E-state index is -0.695. The molecule has 2 aliphatic carbocycles. The lowest BCUT2D eigenvalue weighted by atomic mass is 9.59. The lowest BCUT2D eigenvalue weighted by Crippen LogP contribution is -2.67. The third-order valence-corrected chi connectivity index (χ3v) is 6.83. The average molecular weight is 343 g/mol. The molecule has 25 heavy (non-hydrogen) atoms. The lowest BCUT2D eigenvalue weighted by Gasteiger charge is -2.53. The summed E-state index contributed by atoms with van der Waals surface area (Å²) in [4.78, 5) is 15.1. The second-order valence-electron chi connectivity index (χ2n) is 8.21. The molecule has 2 fully saturated rings. The number of carbonyl (C=O) groups excluding carboxylic acids is 1. The summed E-state index contributed by atoms with van der Waals surface area (Å²) < 4.78 is 6.01. The van der Waals surface area contributed by atoms with Crippen LogP contribution in [0.1, 0.15) is 43.7 Å². The van der Waals surface area contributed by atoms with Crippen molar-refractivity contribution in [2.75, 3.05) is 13.1 Å². The van der Waals surface area contributed by atoms with E-state index in [2.05, 4.69) is 4.90 Å². The molecule has 2 aliphatic heterocycles. The first-order valence-corrected chi connectivity index (χ1v) is 9.53. The third kappa shape index (κ3) is 1.99. The number of ether oxygens (including phenoxy) is 1. The topological polar surface area (TPSA) is 70.0 Å². The van der Waals surface area contributed by atoms with Crippen molar-refractivity contribution in [3.63, 3.8) is 0 Å². The van der Waals surface area contributed by atoms with Crippen molar-refractivity contribution < 1.29 is 19.7 Å². The fourth-order valence-corrected chi connectivity index (χ4v) is 5.37. The maximum Gasteiger partial charge on any atom is 0.174 e. The summed E-state index contributed by atoms with van der Waals surface area (Å²) >= 11 is 0. The number of benzene rings is 1. The van der Waals surface area contributed by atoms with Gasteiger partial charge in [0.25, 0.3) is 0 Å². The number of hydrogen-bond acceptors (Lipinski definition) is 5. The van der Waals surface area contributed by atoms with Crippen LogP contribution in [0.15, 0.2) is 12.1 Å². The van der Waals surface area contributed by atoms with Gasteiger partial charge in [-0.3, -0.25) is 9.69 Å². The standard InChI is InChI=1S/C20H25NO4/c1-2-14(22)19-20-7-8-21(10-11-3-4-11)13(18(20)24)9-12-5-6-15(23)17(25-19)16(12)20/h5-6,11,13,18-19,23-24H,2-4,7-10H2,1H3/t13-,18-,19?,20-/m1/s1. The Morgan fingerprint density at radius 2 is 2.20 bits per heavy atom. The fraction of sp³-hybridized carbons (Fsp3) is 0.650. The quantitative estimate of drug-likeness (QED) is 0.872. The van der Waals surface area contributed by atoms with Crippen LogP contribution in [0.25, 0.3) is 0 Å². The third-order valence-electron chi connectivity index (χ3n) is 6.83. The van der Waals surface area contributed by atoms with Gasteiger partial charge in [0.05, 0.1) is 11.5 Å². The van der Waals surface area contributed by atoms with E-state index in [4.69, 9.17) is 4.74 Å². The molecule has 4 atom stereocenters. The van der Waals surface area contributed by atoms with Crippen molar-refractivity contribution in [3.05, 3.63) is 23.3 Å². The molecule has 5 nitrogen and oxygen atoms in total. The predicted molar refractivity (Wildman–Crippen MR) is 91.9 cm³/mol. The zero-order valence-electron chi connectivity index (χ0n) is 14.6. The zero-order chi connectivity index (χ0) is 17.3. The lowest BCUT2D eigenvalue weighted by molar-refractivity contribution is -0.137. The number of carbonyl (C=O) groups is 1. The highest BCUT2D eigenvalue weighted by Gasteiger charge is 2.64. The molecule has 2 N–H and O–H groups in total. The van der Waals surface area contributed by atoms with E-state index >= 15 is 0 Å². The van der Waals surface area contributed by atoms with Gasteiger partial charge in [0.2, 0.25) is 0 Å². The Balaban J connectivity index is 1.64. The molecule has 1 aromatic carbocycles. The number of nitrogens with zero attached hydrogens (tertiary/aromatic N) is 1. The second kappa shape index (κ2) is 5.21.